The predicted molar refractivity (Wildman–Crippen MR) is 183 cm³/mol. The van der Waals surface area contributed by atoms with Gasteiger partial charge >= 0.3 is 40.9 Å². The maximum atomic E-state index is 14.1. The number of carbonyl (C=O) groups is 3. The maximum absolute atomic E-state index is 14.1. The number of fused-ring (bicyclic) bond motifs is 1. The molecular weight excluding hydrogens is 785 g/mol. The molecule has 3 rings (SSSR count). The summed E-state index contributed by atoms with van der Waals surface area (Å²) in [7, 11) is 0. The SMILES string of the molecule is CCN(CC)CCN(CCNCCc1ccc(O)c2[nH]c(=O)sc12)C(=O)C(COCCc1cccc(Cl)c1Cl)(OC(=O)C(F)(F)F)OC(=O)C(F)(F)F. The Balaban J connectivity index is 1.91. The van der Waals surface area contributed by atoms with Gasteiger partial charge in [-0.05, 0) is 55.7 Å². The molecule has 21 heteroatoms. The topological polar surface area (TPSA) is 150 Å². The number of phenolic OH excluding ortho intramolecular Hbond substituents is 1. The summed E-state index contributed by atoms with van der Waals surface area (Å²) in [5.74, 6) is -12.0. The Labute approximate surface area is 312 Å². The molecule has 0 radical (unpaired) electrons. The molecule has 0 atom stereocenters. The Morgan fingerprint density at radius 1 is 0.887 bits per heavy atom. The van der Waals surface area contributed by atoms with Gasteiger partial charge in [-0.1, -0.05) is 66.6 Å². The first-order valence-electron chi connectivity index (χ1n) is 16.0. The summed E-state index contributed by atoms with van der Waals surface area (Å²) in [6.07, 6.45) is -11.5. The average molecular weight is 822 g/mol. The number of esters is 2. The zero-order valence-electron chi connectivity index (χ0n) is 28.3. The fourth-order valence-electron chi connectivity index (χ4n) is 4.96. The van der Waals surface area contributed by atoms with E-state index in [2.05, 4.69) is 19.8 Å². The van der Waals surface area contributed by atoms with Crippen LogP contribution in [0.4, 0.5) is 26.3 Å². The molecule has 3 aromatic rings. The summed E-state index contributed by atoms with van der Waals surface area (Å²) in [6.45, 7) is 1.88. The molecule has 0 aliphatic heterocycles. The van der Waals surface area contributed by atoms with E-state index in [1.54, 1.807) is 24.8 Å². The van der Waals surface area contributed by atoms with Crippen LogP contribution in [0.15, 0.2) is 35.1 Å². The minimum atomic E-state index is -5.83. The van der Waals surface area contributed by atoms with Crippen LogP contribution in [0.25, 0.3) is 10.2 Å². The summed E-state index contributed by atoms with van der Waals surface area (Å²) in [5.41, 5.74) is 1.29. The summed E-state index contributed by atoms with van der Waals surface area (Å²) < 4.78 is 95.6. The van der Waals surface area contributed by atoms with E-state index in [0.29, 0.717) is 35.3 Å². The largest absolute Gasteiger partial charge is 0.506 e. The van der Waals surface area contributed by atoms with E-state index in [4.69, 9.17) is 27.9 Å². The number of aromatic amines is 1. The molecule has 0 bridgehead atoms. The lowest BCUT2D eigenvalue weighted by Gasteiger charge is -2.36. The summed E-state index contributed by atoms with van der Waals surface area (Å²) in [4.78, 5) is 55.0. The molecule has 294 valence electrons. The molecule has 3 N–H and O–H groups in total. The second-order valence-electron chi connectivity index (χ2n) is 11.3. The number of phenols is 1. The number of carbonyl (C=O) groups excluding carboxylic acids is 3. The van der Waals surface area contributed by atoms with Crippen LogP contribution in [-0.2, 0) is 41.4 Å². The Hall–Kier alpha value is -3.62. The summed E-state index contributed by atoms with van der Waals surface area (Å²) in [6, 6.07) is 7.48. The van der Waals surface area contributed by atoms with E-state index >= 15 is 0 Å². The molecule has 0 unspecified atom stereocenters. The van der Waals surface area contributed by atoms with Crippen molar-refractivity contribution in [3.63, 3.8) is 0 Å². The van der Waals surface area contributed by atoms with Crippen molar-refractivity contribution < 1.29 is 60.0 Å². The van der Waals surface area contributed by atoms with Gasteiger partial charge < -0.3 is 39.4 Å². The molecule has 0 saturated carbocycles. The predicted octanol–water partition coefficient (Wildman–Crippen LogP) is 5.07. The van der Waals surface area contributed by atoms with Gasteiger partial charge in [-0.25, -0.2) is 9.59 Å². The van der Waals surface area contributed by atoms with Gasteiger partial charge in [0.15, 0.2) is 0 Å². The number of ether oxygens (including phenoxy) is 3. The van der Waals surface area contributed by atoms with Gasteiger partial charge in [-0.15, -0.1) is 0 Å². The molecule has 53 heavy (non-hydrogen) atoms. The molecule has 0 saturated heterocycles. The van der Waals surface area contributed by atoms with Crippen LogP contribution in [0.2, 0.25) is 10.0 Å². The number of thiazole rings is 1. The third-order valence-electron chi connectivity index (χ3n) is 7.78. The summed E-state index contributed by atoms with van der Waals surface area (Å²) in [5, 5.41) is 13.3. The Kier molecular flexibility index (Phi) is 15.8. The van der Waals surface area contributed by atoms with Crippen molar-refractivity contribution in [3.05, 3.63) is 61.2 Å². The van der Waals surface area contributed by atoms with E-state index < -0.39 is 54.1 Å². The highest BCUT2D eigenvalue weighted by atomic mass is 35.5. The van der Waals surface area contributed by atoms with Crippen LogP contribution < -0.4 is 10.2 Å². The number of aromatic hydroxyl groups is 1. The molecule has 1 heterocycles. The molecular formula is C32H36Cl2F6N4O8S. The average Bonchev–Trinajstić information content (AvgIpc) is 3.49. The van der Waals surface area contributed by atoms with Crippen molar-refractivity contribution in [2.75, 3.05) is 59.0 Å². The van der Waals surface area contributed by atoms with E-state index in [-0.39, 0.29) is 60.5 Å². The van der Waals surface area contributed by atoms with Crippen molar-refractivity contribution in [1.29, 1.82) is 0 Å². The van der Waals surface area contributed by atoms with Crippen molar-refractivity contribution in [2.24, 2.45) is 0 Å². The van der Waals surface area contributed by atoms with Crippen molar-refractivity contribution in [2.45, 2.75) is 44.8 Å². The molecule has 2 aromatic carbocycles. The van der Waals surface area contributed by atoms with Crippen LogP contribution in [0.1, 0.15) is 25.0 Å². The Bertz CT molecular complexity index is 1760. The quantitative estimate of drug-likeness (QED) is 0.0648. The molecule has 0 fully saturated rings. The molecule has 0 aliphatic rings. The number of hydrogen-bond acceptors (Lipinski definition) is 11. The number of aromatic nitrogens is 1. The number of alkyl halides is 6. The highest BCUT2D eigenvalue weighted by Gasteiger charge is 2.58. The zero-order valence-corrected chi connectivity index (χ0v) is 30.6. The number of rotatable bonds is 19. The van der Waals surface area contributed by atoms with Crippen LogP contribution >= 0.6 is 34.5 Å². The first kappa shape index (κ1) is 43.8. The second-order valence-corrected chi connectivity index (χ2v) is 13.1. The number of nitrogens with zero attached hydrogens (tertiary/aromatic N) is 2. The highest BCUT2D eigenvalue weighted by Crippen LogP contribution is 2.31. The van der Waals surface area contributed by atoms with E-state index in [0.717, 1.165) is 16.2 Å². The minimum Gasteiger partial charge on any atom is -0.506 e. The standard InChI is InChI=1S/C32H36Cl2F6N4O8S/c1-3-43(4-2)15-16-44(14-13-41-12-10-20-8-9-22(45)24-25(20)53-29(49)42-24)26(46)30(51-27(47)31(35,36)37,52-28(48)32(38,39)40)18-50-17-11-19-6-5-7-21(33)23(19)34/h5-9,41,45H,3-4,10-18H2,1-2H3,(H,42,49). The lowest BCUT2D eigenvalue weighted by atomic mass is 10.1. The Morgan fingerprint density at radius 2 is 1.53 bits per heavy atom. The van der Waals surface area contributed by atoms with Crippen LogP contribution in [0.3, 0.4) is 0 Å². The lowest BCUT2D eigenvalue weighted by molar-refractivity contribution is -0.278. The smallest absolute Gasteiger partial charge is 0.491 e. The normalized spacial score (nSPS) is 12.4. The summed E-state index contributed by atoms with van der Waals surface area (Å²) >= 11 is 13.0. The van der Waals surface area contributed by atoms with Crippen molar-refractivity contribution in [3.8, 4) is 5.75 Å². The maximum Gasteiger partial charge on any atom is 0.491 e. The number of H-pyrrole nitrogens is 1. The second kappa shape index (κ2) is 19.1. The molecule has 1 aromatic heterocycles. The van der Waals surface area contributed by atoms with E-state index in [1.165, 1.54) is 24.3 Å². The fourth-order valence-corrected chi connectivity index (χ4v) is 6.28. The lowest BCUT2D eigenvalue weighted by Crippen LogP contribution is -2.60. The van der Waals surface area contributed by atoms with Gasteiger partial charge in [0.25, 0.3) is 0 Å². The first-order chi connectivity index (χ1) is 24.8. The third-order valence-corrected chi connectivity index (χ3v) is 9.60. The van der Waals surface area contributed by atoms with Gasteiger partial charge in [0, 0.05) is 26.2 Å². The van der Waals surface area contributed by atoms with Gasteiger partial charge in [0.1, 0.15) is 17.9 Å². The fraction of sp³-hybridized carbons (Fsp3) is 0.500. The Morgan fingerprint density at radius 3 is 2.13 bits per heavy atom. The molecule has 12 nitrogen and oxygen atoms in total. The number of benzene rings is 2. The van der Waals surface area contributed by atoms with E-state index in [9.17, 15) is 50.6 Å². The van der Waals surface area contributed by atoms with Crippen LogP contribution in [-0.4, -0.2) is 115 Å². The van der Waals surface area contributed by atoms with Crippen LogP contribution in [0.5, 0.6) is 5.75 Å². The molecule has 0 aliphatic carbocycles. The van der Waals surface area contributed by atoms with Crippen molar-refractivity contribution in [1.82, 2.24) is 20.1 Å². The van der Waals surface area contributed by atoms with Gasteiger partial charge in [0.05, 0.1) is 21.4 Å². The van der Waals surface area contributed by atoms with Crippen LogP contribution in [0, 0.1) is 0 Å². The number of amides is 1. The highest BCUT2D eigenvalue weighted by molar-refractivity contribution is 7.16. The number of likely N-dealkylation sites (N-methyl/N-ethyl adjacent to an activating group) is 1. The van der Waals surface area contributed by atoms with Gasteiger partial charge in [-0.3, -0.25) is 9.59 Å². The number of hydrogen-bond donors (Lipinski definition) is 3. The first-order valence-corrected chi connectivity index (χ1v) is 17.6. The molecule has 1 amide bonds. The zero-order chi connectivity index (χ0) is 39.6. The molecule has 0 spiro atoms. The monoisotopic (exact) mass is 820 g/mol. The van der Waals surface area contributed by atoms with Crippen molar-refractivity contribution >= 4 is 62.6 Å². The number of nitrogens with one attached hydrogen (secondary N) is 2. The third kappa shape index (κ3) is 12.2. The van der Waals surface area contributed by atoms with Gasteiger partial charge in [-0.2, -0.15) is 26.3 Å². The van der Waals surface area contributed by atoms with E-state index in [1.807, 2.05) is 0 Å². The van der Waals surface area contributed by atoms with Gasteiger partial charge in [0.2, 0.25) is 0 Å². The minimum absolute atomic E-state index is 0.0707. The number of halogens is 8.